The van der Waals surface area contributed by atoms with Crippen LogP contribution in [0.4, 0.5) is 0 Å². The molecule has 0 aliphatic rings. The fourth-order valence-electron chi connectivity index (χ4n) is 6.51. The number of unbranched alkanes of at least 4 members (excludes halogenated alkanes) is 23. The number of phosphoric acid groups is 1. The van der Waals surface area contributed by atoms with Gasteiger partial charge in [-0.05, 0) is 51.4 Å². The van der Waals surface area contributed by atoms with E-state index in [-0.39, 0.29) is 38.6 Å². The molecule has 0 bridgehead atoms. The second kappa shape index (κ2) is 44.5. The van der Waals surface area contributed by atoms with Gasteiger partial charge >= 0.3 is 19.8 Å². The minimum atomic E-state index is -4.39. The van der Waals surface area contributed by atoms with Crippen LogP contribution in [0.15, 0.2) is 48.6 Å². The highest BCUT2D eigenvalue weighted by molar-refractivity contribution is 7.47. The lowest BCUT2D eigenvalue weighted by atomic mass is 10.0. The molecular weight excluding hydrogens is 750 g/mol. The van der Waals surface area contributed by atoms with Crippen LogP contribution in [0.2, 0.25) is 0 Å². The third-order valence-corrected chi connectivity index (χ3v) is 11.0. The molecule has 3 N–H and O–H groups in total. The largest absolute Gasteiger partial charge is 0.472 e. The van der Waals surface area contributed by atoms with E-state index in [1.54, 1.807) is 0 Å². The van der Waals surface area contributed by atoms with E-state index in [4.69, 9.17) is 24.3 Å². The second-order valence-corrected chi connectivity index (χ2v) is 17.1. The van der Waals surface area contributed by atoms with Gasteiger partial charge in [-0.3, -0.25) is 18.6 Å². The van der Waals surface area contributed by atoms with Crippen LogP contribution in [-0.4, -0.2) is 49.3 Å². The first kappa shape index (κ1) is 56.0. The summed E-state index contributed by atoms with van der Waals surface area (Å²) in [6.45, 7) is 3.61. The number of hydrogen-bond donors (Lipinski definition) is 2. The number of hydrogen-bond acceptors (Lipinski definition) is 8. The van der Waals surface area contributed by atoms with Gasteiger partial charge in [-0.1, -0.05) is 197 Å². The third kappa shape index (κ3) is 43.5. The van der Waals surface area contributed by atoms with Crippen LogP contribution in [-0.2, 0) is 32.7 Å². The molecule has 58 heavy (non-hydrogen) atoms. The van der Waals surface area contributed by atoms with Crippen molar-refractivity contribution in [2.45, 2.75) is 219 Å². The molecule has 0 saturated carbocycles. The fourth-order valence-corrected chi connectivity index (χ4v) is 7.27. The Morgan fingerprint density at radius 1 is 0.534 bits per heavy atom. The van der Waals surface area contributed by atoms with Gasteiger partial charge in [0.15, 0.2) is 6.10 Å². The Balaban J connectivity index is 4.11. The van der Waals surface area contributed by atoms with E-state index in [0.717, 1.165) is 70.6 Å². The smallest absolute Gasteiger partial charge is 0.462 e. The molecule has 0 radical (unpaired) electrons. The van der Waals surface area contributed by atoms with Gasteiger partial charge in [-0.2, -0.15) is 0 Å². The summed E-state index contributed by atoms with van der Waals surface area (Å²) in [4.78, 5) is 35.0. The summed E-state index contributed by atoms with van der Waals surface area (Å²) in [7, 11) is -4.39. The zero-order chi connectivity index (χ0) is 42.5. The van der Waals surface area contributed by atoms with E-state index in [2.05, 4.69) is 62.5 Å². The highest BCUT2D eigenvalue weighted by atomic mass is 31.2. The summed E-state index contributed by atoms with van der Waals surface area (Å²) in [5.74, 6) is -0.850. The first-order valence-corrected chi connectivity index (χ1v) is 25.1. The van der Waals surface area contributed by atoms with Crippen LogP contribution in [0.1, 0.15) is 213 Å². The number of nitrogens with two attached hydrogens (primary N) is 1. The third-order valence-electron chi connectivity index (χ3n) is 9.98. The summed E-state index contributed by atoms with van der Waals surface area (Å²) in [6.07, 6.45) is 51.5. The molecule has 0 fully saturated rings. The van der Waals surface area contributed by atoms with E-state index >= 15 is 0 Å². The Morgan fingerprint density at radius 2 is 0.948 bits per heavy atom. The number of allylic oxidation sites excluding steroid dienone is 8. The number of ether oxygens (including phenoxy) is 2. The summed E-state index contributed by atoms with van der Waals surface area (Å²) >= 11 is 0. The van der Waals surface area contributed by atoms with Gasteiger partial charge in [0.05, 0.1) is 13.2 Å². The van der Waals surface area contributed by atoms with E-state index in [0.29, 0.717) is 6.42 Å². The maximum absolute atomic E-state index is 12.6. The molecule has 2 atom stereocenters. The summed E-state index contributed by atoms with van der Waals surface area (Å²) < 4.78 is 32.8. The molecule has 0 heterocycles. The molecule has 9 nitrogen and oxygen atoms in total. The van der Waals surface area contributed by atoms with Crippen molar-refractivity contribution in [2.75, 3.05) is 26.4 Å². The lowest BCUT2D eigenvalue weighted by Crippen LogP contribution is -2.29. The maximum Gasteiger partial charge on any atom is 0.472 e. The average molecular weight is 838 g/mol. The normalized spacial score (nSPS) is 13.7. The van der Waals surface area contributed by atoms with E-state index < -0.39 is 26.5 Å². The molecule has 0 saturated heterocycles. The van der Waals surface area contributed by atoms with Gasteiger partial charge in [-0.25, -0.2) is 4.57 Å². The average Bonchev–Trinajstić information content (AvgIpc) is 3.21. The highest BCUT2D eigenvalue weighted by Gasteiger charge is 2.26. The molecule has 0 aromatic rings. The fraction of sp³-hybridized carbons (Fsp3) is 0.792. The van der Waals surface area contributed by atoms with Gasteiger partial charge in [0.1, 0.15) is 6.61 Å². The van der Waals surface area contributed by atoms with E-state index in [1.807, 2.05) is 0 Å². The molecular formula is C48H88NO8P. The van der Waals surface area contributed by atoms with Crippen molar-refractivity contribution in [1.82, 2.24) is 0 Å². The van der Waals surface area contributed by atoms with Gasteiger partial charge in [-0.15, -0.1) is 0 Å². The predicted molar refractivity (Wildman–Crippen MR) is 243 cm³/mol. The SMILES string of the molecule is CC/C=C\C/C=C\C/C=C\C/C=C\CCCCCCC(=O)OC(COC(=O)CCCCCCCCCCCCCCCCCCCCCC)COP(=O)(O)OCCN. The van der Waals surface area contributed by atoms with Crippen molar-refractivity contribution in [1.29, 1.82) is 0 Å². The number of phosphoric ester groups is 1. The molecule has 0 rings (SSSR count). The predicted octanol–water partition coefficient (Wildman–Crippen LogP) is 13.9. The van der Waals surface area contributed by atoms with E-state index in [1.165, 1.54) is 109 Å². The van der Waals surface area contributed by atoms with E-state index in [9.17, 15) is 19.0 Å². The van der Waals surface area contributed by atoms with Crippen LogP contribution in [0.3, 0.4) is 0 Å². The molecule has 0 aliphatic heterocycles. The van der Waals surface area contributed by atoms with Crippen molar-refractivity contribution in [3.8, 4) is 0 Å². The molecule has 0 spiro atoms. The Kier molecular flexibility index (Phi) is 43.0. The van der Waals surface area contributed by atoms with Crippen LogP contribution in [0.25, 0.3) is 0 Å². The lowest BCUT2D eigenvalue weighted by molar-refractivity contribution is -0.161. The number of carbonyl (C=O) groups is 2. The molecule has 0 aliphatic carbocycles. The quantitative estimate of drug-likeness (QED) is 0.0266. The first-order chi connectivity index (χ1) is 28.3. The number of esters is 2. The number of carbonyl (C=O) groups excluding carboxylic acids is 2. The van der Waals surface area contributed by atoms with Crippen molar-refractivity contribution in [3.63, 3.8) is 0 Å². The topological polar surface area (TPSA) is 134 Å². The summed E-state index contributed by atoms with van der Waals surface area (Å²) in [6, 6.07) is 0. The summed E-state index contributed by atoms with van der Waals surface area (Å²) in [5, 5.41) is 0. The maximum atomic E-state index is 12.6. The van der Waals surface area contributed by atoms with Crippen LogP contribution in [0, 0.1) is 0 Å². The molecule has 0 aromatic heterocycles. The van der Waals surface area contributed by atoms with Crippen molar-refractivity contribution < 1.29 is 37.6 Å². The van der Waals surface area contributed by atoms with Crippen LogP contribution in [0.5, 0.6) is 0 Å². The molecule has 0 amide bonds. The van der Waals surface area contributed by atoms with Crippen molar-refractivity contribution in [3.05, 3.63) is 48.6 Å². The molecule has 2 unspecified atom stereocenters. The lowest BCUT2D eigenvalue weighted by Gasteiger charge is -2.19. The first-order valence-electron chi connectivity index (χ1n) is 23.6. The van der Waals surface area contributed by atoms with Gasteiger partial charge in [0.25, 0.3) is 0 Å². The second-order valence-electron chi connectivity index (χ2n) is 15.6. The zero-order valence-corrected chi connectivity index (χ0v) is 38.2. The minimum Gasteiger partial charge on any atom is -0.462 e. The van der Waals surface area contributed by atoms with Crippen LogP contribution < -0.4 is 5.73 Å². The Morgan fingerprint density at radius 3 is 1.41 bits per heavy atom. The van der Waals surface area contributed by atoms with Crippen molar-refractivity contribution >= 4 is 19.8 Å². The zero-order valence-electron chi connectivity index (χ0n) is 37.3. The monoisotopic (exact) mass is 838 g/mol. The summed E-state index contributed by atoms with van der Waals surface area (Å²) in [5.41, 5.74) is 5.35. The molecule has 338 valence electrons. The van der Waals surface area contributed by atoms with Crippen LogP contribution >= 0.6 is 7.82 Å². The Hall–Kier alpha value is -2.03. The van der Waals surface area contributed by atoms with Crippen molar-refractivity contribution in [2.24, 2.45) is 5.73 Å². The van der Waals surface area contributed by atoms with Gasteiger partial charge < -0.3 is 20.1 Å². The molecule has 10 heteroatoms. The number of rotatable bonds is 44. The Bertz CT molecular complexity index is 1090. The highest BCUT2D eigenvalue weighted by Crippen LogP contribution is 2.43. The minimum absolute atomic E-state index is 0.0485. The Labute approximate surface area is 356 Å². The van der Waals surface area contributed by atoms with Gasteiger partial charge in [0, 0.05) is 19.4 Å². The standard InChI is InChI=1S/C48H88NO8P/c1-3-5-7-9-11-13-15-17-19-21-22-23-25-26-28-30-32-34-36-38-40-47(50)54-44-46(45-56-58(52,53)55-43-42-49)57-48(51)41-39-37-35-33-31-29-27-24-20-18-16-14-12-10-8-6-4-2/h6,8,12,14,18,20,27,29,46H,3-5,7,9-11,13,15-17,19,21-26,28,30-45,49H2,1-2H3,(H,52,53)/b8-6-,14-12-,20-18-,29-27-. The molecule has 0 aromatic carbocycles. The van der Waals surface area contributed by atoms with Gasteiger partial charge in [0.2, 0.25) is 0 Å².